The molecule has 144 valence electrons. The molecule has 1 aliphatic heterocycles. The van der Waals surface area contributed by atoms with Crippen LogP contribution in [-0.4, -0.2) is 11.1 Å². The highest BCUT2D eigenvalue weighted by Gasteiger charge is 2.49. The zero-order valence-electron chi connectivity index (χ0n) is 14.0. The predicted octanol–water partition coefficient (Wildman–Crippen LogP) is 5.53. The van der Waals surface area contributed by atoms with Crippen molar-refractivity contribution in [2.75, 3.05) is 0 Å². The second kappa shape index (κ2) is 6.79. The molecule has 4 rings (SSSR count). The van der Waals surface area contributed by atoms with Gasteiger partial charge in [-0.3, -0.25) is 4.79 Å². The van der Waals surface area contributed by atoms with Crippen molar-refractivity contribution in [3.63, 3.8) is 0 Å². The van der Waals surface area contributed by atoms with Crippen LogP contribution < -0.4 is 0 Å². The molecule has 28 heavy (non-hydrogen) atoms. The van der Waals surface area contributed by atoms with Crippen molar-refractivity contribution in [2.24, 2.45) is 5.92 Å². The molecule has 2 aromatic carbocycles. The molecule has 1 aliphatic carbocycles. The minimum atomic E-state index is -2.44. The highest BCUT2D eigenvalue weighted by molar-refractivity contribution is 6.35. The van der Waals surface area contributed by atoms with E-state index >= 15 is 4.39 Å². The average molecular weight is 425 g/mol. The number of halogens is 4. The van der Waals surface area contributed by atoms with Crippen molar-refractivity contribution >= 4 is 29.2 Å². The number of alkyl halides is 1. The molecule has 0 spiro atoms. The Morgan fingerprint density at radius 2 is 1.75 bits per heavy atom. The number of rotatable bonds is 3. The van der Waals surface area contributed by atoms with Crippen LogP contribution in [0.25, 0.3) is 0 Å². The molecule has 0 bridgehead atoms. The molecule has 0 aromatic heterocycles. The molecule has 1 heterocycles. The normalized spacial score (nSPS) is 25.9. The number of carboxylic acid groups (broad SMARTS) is 1. The zero-order chi connectivity index (χ0) is 20.1. The third-order valence-corrected chi connectivity index (χ3v) is 5.15. The summed E-state index contributed by atoms with van der Waals surface area (Å²) >= 11 is 12.1. The van der Waals surface area contributed by atoms with Gasteiger partial charge in [0, 0.05) is 11.1 Å². The van der Waals surface area contributed by atoms with E-state index in [2.05, 4.69) is 0 Å². The van der Waals surface area contributed by atoms with Crippen LogP contribution in [0.2, 0.25) is 10.0 Å². The average Bonchev–Trinajstić information content (AvgIpc) is 3.03. The van der Waals surface area contributed by atoms with Gasteiger partial charge in [0.25, 0.3) is 6.29 Å². The standard InChI is InChI=1S/C20H12Cl2F2O4/c21-11-3-6-13(15(22)7-11)19-27-16-8-14(18(25)26)20(24,9-17(16)28-19)10-1-4-12(23)5-2-10/h1-9,14,19H,(H,25,26). The van der Waals surface area contributed by atoms with Crippen molar-refractivity contribution in [3.05, 3.63) is 93.1 Å². The van der Waals surface area contributed by atoms with E-state index in [1.165, 1.54) is 18.2 Å². The molecule has 0 saturated carbocycles. The second-order valence-corrected chi connectivity index (χ2v) is 7.21. The summed E-state index contributed by atoms with van der Waals surface area (Å²) in [5, 5.41) is 10.3. The van der Waals surface area contributed by atoms with Crippen LogP contribution in [0.1, 0.15) is 17.4 Å². The van der Waals surface area contributed by atoms with E-state index in [4.69, 9.17) is 32.7 Å². The lowest BCUT2D eigenvalue weighted by atomic mass is 9.79. The lowest BCUT2D eigenvalue weighted by Crippen LogP contribution is -2.36. The van der Waals surface area contributed by atoms with E-state index in [-0.39, 0.29) is 22.1 Å². The van der Waals surface area contributed by atoms with Gasteiger partial charge in [0.1, 0.15) is 11.7 Å². The Labute approximate surface area is 168 Å². The summed E-state index contributed by atoms with van der Waals surface area (Å²) in [4.78, 5) is 11.7. The molecule has 8 heteroatoms. The van der Waals surface area contributed by atoms with Gasteiger partial charge >= 0.3 is 5.97 Å². The Hall–Kier alpha value is -2.57. The number of hydrogen-bond acceptors (Lipinski definition) is 3. The third kappa shape index (κ3) is 3.12. The molecule has 2 aromatic rings. The third-order valence-electron chi connectivity index (χ3n) is 4.59. The summed E-state index contributed by atoms with van der Waals surface area (Å²) in [5.41, 5.74) is -2.00. The fourth-order valence-electron chi connectivity index (χ4n) is 3.19. The molecular weight excluding hydrogens is 413 g/mol. The molecule has 0 radical (unpaired) electrons. The van der Waals surface area contributed by atoms with Gasteiger partial charge in [0.15, 0.2) is 17.2 Å². The van der Waals surface area contributed by atoms with Crippen LogP contribution in [-0.2, 0) is 19.9 Å². The Kier molecular flexibility index (Phi) is 4.56. The number of benzene rings is 2. The van der Waals surface area contributed by atoms with Gasteiger partial charge in [-0.2, -0.15) is 0 Å². The summed E-state index contributed by atoms with van der Waals surface area (Å²) in [7, 11) is 0. The van der Waals surface area contributed by atoms with Crippen LogP contribution in [0.5, 0.6) is 0 Å². The zero-order valence-corrected chi connectivity index (χ0v) is 15.5. The maximum atomic E-state index is 15.8. The van der Waals surface area contributed by atoms with E-state index in [0.717, 1.165) is 24.3 Å². The van der Waals surface area contributed by atoms with Gasteiger partial charge in [-0.15, -0.1) is 0 Å². The fourth-order valence-corrected chi connectivity index (χ4v) is 3.69. The molecule has 1 N–H and O–H groups in total. The van der Waals surface area contributed by atoms with Crippen LogP contribution in [0.3, 0.4) is 0 Å². The predicted molar refractivity (Wildman–Crippen MR) is 97.9 cm³/mol. The van der Waals surface area contributed by atoms with Crippen molar-refractivity contribution < 1.29 is 28.2 Å². The summed E-state index contributed by atoms with van der Waals surface area (Å²) in [6.45, 7) is 0. The molecule has 2 aliphatic rings. The van der Waals surface area contributed by atoms with Crippen LogP contribution >= 0.6 is 23.2 Å². The molecule has 0 amide bonds. The summed E-state index contributed by atoms with van der Waals surface area (Å²) in [6.07, 6.45) is 1.20. The van der Waals surface area contributed by atoms with Gasteiger partial charge in [-0.25, -0.2) is 8.78 Å². The van der Waals surface area contributed by atoms with Gasteiger partial charge in [-0.1, -0.05) is 35.3 Å². The lowest BCUT2D eigenvalue weighted by Gasteiger charge is -2.29. The van der Waals surface area contributed by atoms with Gasteiger partial charge < -0.3 is 14.6 Å². The van der Waals surface area contributed by atoms with Crippen LogP contribution in [0, 0.1) is 11.7 Å². The highest BCUT2D eigenvalue weighted by atomic mass is 35.5. The Balaban J connectivity index is 1.74. The molecular formula is C20H12Cl2F2O4. The topological polar surface area (TPSA) is 55.8 Å². The van der Waals surface area contributed by atoms with Gasteiger partial charge in [0.05, 0.1) is 10.6 Å². The van der Waals surface area contributed by atoms with Gasteiger partial charge in [0.2, 0.25) is 0 Å². The molecule has 1 fully saturated rings. The number of aliphatic carboxylic acids is 1. The van der Waals surface area contributed by atoms with Crippen molar-refractivity contribution in [1.29, 1.82) is 0 Å². The van der Waals surface area contributed by atoms with Gasteiger partial charge in [-0.05, 0) is 42.0 Å². The SMILES string of the molecule is O=C(O)C1C=C2OC(c3ccc(Cl)cc3Cl)OC2=CC1(F)c1ccc(F)cc1. The second-order valence-electron chi connectivity index (χ2n) is 6.36. The number of fused-ring (bicyclic) bond motifs is 1. The van der Waals surface area contributed by atoms with Crippen molar-refractivity contribution in [1.82, 2.24) is 0 Å². The Morgan fingerprint density at radius 3 is 2.39 bits per heavy atom. The summed E-state index contributed by atoms with van der Waals surface area (Å²) < 4.78 is 40.4. The molecule has 1 saturated heterocycles. The molecule has 3 atom stereocenters. The smallest absolute Gasteiger partial charge is 0.314 e. The summed E-state index contributed by atoms with van der Waals surface area (Å²) in [6, 6.07) is 9.23. The van der Waals surface area contributed by atoms with Crippen LogP contribution in [0.4, 0.5) is 8.78 Å². The molecule has 3 unspecified atom stereocenters. The first-order valence-electron chi connectivity index (χ1n) is 8.19. The quantitative estimate of drug-likeness (QED) is 0.703. The first kappa shape index (κ1) is 18.8. The maximum absolute atomic E-state index is 15.8. The van der Waals surface area contributed by atoms with E-state index in [0.29, 0.717) is 10.6 Å². The van der Waals surface area contributed by atoms with Crippen LogP contribution in [0.15, 0.2) is 66.1 Å². The molecule has 4 nitrogen and oxygen atoms in total. The summed E-state index contributed by atoms with van der Waals surface area (Å²) in [5.74, 6) is -3.40. The Bertz CT molecular complexity index is 1020. The number of carbonyl (C=O) groups is 1. The highest BCUT2D eigenvalue weighted by Crippen LogP contribution is 2.48. The first-order valence-corrected chi connectivity index (χ1v) is 8.94. The van der Waals surface area contributed by atoms with Crippen molar-refractivity contribution in [2.45, 2.75) is 12.0 Å². The fraction of sp³-hybridized carbons (Fsp3) is 0.150. The van der Waals surface area contributed by atoms with Crippen molar-refractivity contribution in [3.8, 4) is 0 Å². The van der Waals surface area contributed by atoms with E-state index in [1.54, 1.807) is 12.1 Å². The van der Waals surface area contributed by atoms with E-state index < -0.39 is 29.7 Å². The number of hydrogen-bond donors (Lipinski definition) is 1. The Morgan fingerprint density at radius 1 is 1.07 bits per heavy atom. The monoisotopic (exact) mass is 424 g/mol. The largest absolute Gasteiger partial charge is 0.481 e. The number of carboxylic acids is 1. The minimum Gasteiger partial charge on any atom is -0.481 e. The number of ether oxygens (including phenoxy) is 2. The lowest BCUT2D eigenvalue weighted by molar-refractivity contribution is -0.144. The number of allylic oxidation sites excluding steroid dienone is 1. The van der Waals surface area contributed by atoms with E-state index in [1.807, 2.05) is 0 Å². The maximum Gasteiger partial charge on any atom is 0.314 e. The first-order chi connectivity index (χ1) is 13.3. The van der Waals surface area contributed by atoms with E-state index in [9.17, 15) is 14.3 Å². The minimum absolute atomic E-state index is 0.0133.